The molecule has 1 N–H and O–H groups in total. The van der Waals surface area contributed by atoms with Gasteiger partial charge in [0.25, 0.3) is 0 Å². The number of piperidine rings is 1. The molecule has 1 fully saturated rings. The van der Waals surface area contributed by atoms with Gasteiger partial charge < -0.3 is 10.0 Å². The zero-order chi connectivity index (χ0) is 12.4. The normalized spacial score (nSPS) is 24.7. The van der Waals surface area contributed by atoms with Crippen molar-refractivity contribution in [1.82, 2.24) is 4.98 Å². The molecule has 0 aliphatic carbocycles. The van der Waals surface area contributed by atoms with E-state index in [1.165, 1.54) is 6.42 Å². The second-order valence-corrected chi connectivity index (χ2v) is 4.89. The van der Waals surface area contributed by atoms with Crippen molar-refractivity contribution in [2.75, 3.05) is 11.4 Å². The number of aromatic nitrogens is 1. The molecule has 1 saturated heterocycles. The van der Waals surface area contributed by atoms with E-state index in [2.05, 4.69) is 23.7 Å². The number of carboxylic acid groups (broad SMARTS) is 1. The first-order valence-electron chi connectivity index (χ1n) is 6.04. The first-order chi connectivity index (χ1) is 8.08. The van der Waals surface area contributed by atoms with Gasteiger partial charge >= 0.3 is 5.97 Å². The molecule has 2 rings (SSSR count). The van der Waals surface area contributed by atoms with Crippen LogP contribution in [0.3, 0.4) is 0 Å². The van der Waals surface area contributed by atoms with Crippen molar-refractivity contribution in [2.45, 2.75) is 32.7 Å². The fraction of sp³-hybridized carbons (Fsp3) is 0.538. The van der Waals surface area contributed by atoms with Gasteiger partial charge in [-0.3, -0.25) is 0 Å². The van der Waals surface area contributed by atoms with Gasteiger partial charge in [-0.25, -0.2) is 9.78 Å². The van der Waals surface area contributed by atoms with Gasteiger partial charge in [0, 0.05) is 24.5 Å². The minimum absolute atomic E-state index is 0.118. The first-order valence-corrected chi connectivity index (χ1v) is 6.04. The number of aromatic carboxylic acids is 1. The molecule has 0 amide bonds. The molecule has 0 bridgehead atoms. The molecule has 0 aromatic carbocycles. The standard InChI is InChI=1S/C13H18N2O2/c1-9-3-4-10(2)15(8-9)11-5-6-14-12(7-11)13(16)17/h5-7,9-10H,3-4,8H2,1-2H3,(H,16,17). The van der Waals surface area contributed by atoms with Crippen LogP contribution in [0.1, 0.15) is 37.2 Å². The van der Waals surface area contributed by atoms with E-state index >= 15 is 0 Å². The van der Waals surface area contributed by atoms with Crippen LogP contribution < -0.4 is 4.90 Å². The lowest BCUT2D eigenvalue weighted by molar-refractivity contribution is 0.0690. The Labute approximate surface area is 101 Å². The van der Waals surface area contributed by atoms with E-state index in [4.69, 9.17) is 5.11 Å². The minimum atomic E-state index is -0.968. The number of pyridine rings is 1. The van der Waals surface area contributed by atoms with Gasteiger partial charge in [0.1, 0.15) is 5.69 Å². The molecule has 2 heterocycles. The summed E-state index contributed by atoms with van der Waals surface area (Å²) in [6, 6.07) is 4.02. The maximum Gasteiger partial charge on any atom is 0.354 e. The zero-order valence-electron chi connectivity index (χ0n) is 10.3. The van der Waals surface area contributed by atoms with E-state index in [0.29, 0.717) is 12.0 Å². The number of nitrogens with zero attached hydrogens (tertiary/aromatic N) is 2. The Balaban J connectivity index is 2.26. The van der Waals surface area contributed by atoms with Crippen LogP contribution in [-0.2, 0) is 0 Å². The molecule has 0 spiro atoms. The lowest BCUT2D eigenvalue weighted by atomic mass is 9.94. The molecule has 1 aromatic heterocycles. The summed E-state index contributed by atoms with van der Waals surface area (Å²) in [5.41, 5.74) is 1.09. The first kappa shape index (κ1) is 11.9. The second-order valence-electron chi connectivity index (χ2n) is 4.89. The molecule has 0 saturated carbocycles. The molecular formula is C13H18N2O2. The van der Waals surface area contributed by atoms with Crippen molar-refractivity contribution in [2.24, 2.45) is 5.92 Å². The van der Waals surface area contributed by atoms with Gasteiger partial charge in [-0.2, -0.15) is 0 Å². The lowest BCUT2D eigenvalue weighted by Gasteiger charge is -2.38. The van der Waals surface area contributed by atoms with Crippen LogP contribution in [0.25, 0.3) is 0 Å². The molecule has 2 unspecified atom stereocenters. The smallest absolute Gasteiger partial charge is 0.354 e. The Morgan fingerprint density at radius 2 is 2.24 bits per heavy atom. The minimum Gasteiger partial charge on any atom is -0.477 e. The van der Waals surface area contributed by atoms with Crippen molar-refractivity contribution >= 4 is 11.7 Å². The highest BCUT2D eigenvalue weighted by Gasteiger charge is 2.23. The van der Waals surface area contributed by atoms with E-state index in [1.54, 1.807) is 12.3 Å². The Hall–Kier alpha value is -1.58. The van der Waals surface area contributed by atoms with Crippen LogP contribution >= 0.6 is 0 Å². The fourth-order valence-corrected chi connectivity index (χ4v) is 2.36. The second kappa shape index (κ2) is 4.73. The molecular weight excluding hydrogens is 216 g/mol. The third kappa shape index (κ3) is 2.57. The monoisotopic (exact) mass is 234 g/mol. The van der Waals surface area contributed by atoms with E-state index in [9.17, 15) is 4.79 Å². The molecule has 1 aliphatic heterocycles. The van der Waals surface area contributed by atoms with E-state index in [1.807, 2.05) is 6.07 Å². The summed E-state index contributed by atoms with van der Waals surface area (Å²) >= 11 is 0. The Kier molecular flexibility index (Phi) is 3.31. The summed E-state index contributed by atoms with van der Waals surface area (Å²) in [6.07, 6.45) is 3.98. The molecule has 0 radical (unpaired) electrons. The SMILES string of the molecule is CC1CCC(C)N(c2ccnc(C(=O)O)c2)C1. The summed E-state index contributed by atoms with van der Waals surface area (Å²) in [5.74, 6) is -0.308. The number of carbonyl (C=O) groups is 1. The van der Waals surface area contributed by atoms with E-state index in [0.717, 1.165) is 18.7 Å². The van der Waals surface area contributed by atoms with Gasteiger partial charge in [0.2, 0.25) is 0 Å². The molecule has 1 aliphatic rings. The largest absolute Gasteiger partial charge is 0.477 e. The highest BCUT2D eigenvalue weighted by atomic mass is 16.4. The molecule has 4 nitrogen and oxygen atoms in total. The van der Waals surface area contributed by atoms with Crippen molar-refractivity contribution < 1.29 is 9.90 Å². The zero-order valence-corrected chi connectivity index (χ0v) is 10.3. The van der Waals surface area contributed by atoms with Crippen LogP contribution in [0.4, 0.5) is 5.69 Å². The van der Waals surface area contributed by atoms with Crippen molar-refractivity contribution in [3.63, 3.8) is 0 Å². The van der Waals surface area contributed by atoms with Gasteiger partial charge in [0.05, 0.1) is 0 Å². The average Bonchev–Trinajstić information content (AvgIpc) is 2.32. The summed E-state index contributed by atoms with van der Waals surface area (Å²) in [5, 5.41) is 8.94. The topological polar surface area (TPSA) is 53.4 Å². The summed E-state index contributed by atoms with van der Waals surface area (Å²) in [4.78, 5) is 17.0. The number of hydrogen-bond donors (Lipinski definition) is 1. The molecule has 1 aromatic rings. The molecule has 92 valence electrons. The van der Waals surface area contributed by atoms with Crippen molar-refractivity contribution in [1.29, 1.82) is 0 Å². The molecule has 2 atom stereocenters. The van der Waals surface area contributed by atoms with Crippen molar-refractivity contribution in [3.8, 4) is 0 Å². The number of anilines is 1. The van der Waals surface area contributed by atoms with Crippen LogP contribution in [0, 0.1) is 5.92 Å². The number of rotatable bonds is 2. The summed E-state index contributed by atoms with van der Waals surface area (Å²) in [7, 11) is 0. The summed E-state index contributed by atoms with van der Waals surface area (Å²) in [6.45, 7) is 5.41. The number of hydrogen-bond acceptors (Lipinski definition) is 3. The lowest BCUT2D eigenvalue weighted by Crippen LogP contribution is -2.41. The Morgan fingerprint density at radius 1 is 1.47 bits per heavy atom. The van der Waals surface area contributed by atoms with Crippen LogP contribution in [0.5, 0.6) is 0 Å². The highest BCUT2D eigenvalue weighted by Crippen LogP contribution is 2.27. The quantitative estimate of drug-likeness (QED) is 0.853. The maximum atomic E-state index is 10.9. The van der Waals surface area contributed by atoms with Gasteiger partial charge in [-0.05, 0) is 37.8 Å². The van der Waals surface area contributed by atoms with Crippen LogP contribution in [-0.4, -0.2) is 28.6 Å². The maximum absolute atomic E-state index is 10.9. The van der Waals surface area contributed by atoms with Crippen molar-refractivity contribution in [3.05, 3.63) is 24.0 Å². The van der Waals surface area contributed by atoms with E-state index in [-0.39, 0.29) is 5.69 Å². The average molecular weight is 234 g/mol. The molecule has 4 heteroatoms. The fourth-order valence-electron chi connectivity index (χ4n) is 2.36. The Morgan fingerprint density at radius 3 is 2.94 bits per heavy atom. The predicted octanol–water partition coefficient (Wildman–Crippen LogP) is 2.40. The predicted molar refractivity (Wildman–Crippen MR) is 66.4 cm³/mol. The molecule has 17 heavy (non-hydrogen) atoms. The van der Waals surface area contributed by atoms with E-state index < -0.39 is 5.97 Å². The van der Waals surface area contributed by atoms with Gasteiger partial charge in [-0.15, -0.1) is 0 Å². The van der Waals surface area contributed by atoms with Crippen LogP contribution in [0.2, 0.25) is 0 Å². The third-order valence-corrected chi connectivity index (χ3v) is 3.41. The summed E-state index contributed by atoms with van der Waals surface area (Å²) < 4.78 is 0. The van der Waals surface area contributed by atoms with Crippen LogP contribution in [0.15, 0.2) is 18.3 Å². The Bertz CT molecular complexity index is 420. The van der Waals surface area contributed by atoms with Gasteiger partial charge in [-0.1, -0.05) is 6.92 Å². The van der Waals surface area contributed by atoms with Gasteiger partial charge in [0.15, 0.2) is 0 Å². The highest BCUT2D eigenvalue weighted by molar-refractivity contribution is 5.86. The number of carboxylic acids is 1. The third-order valence-electron chi connectivity index (χ3n) is 3.41.